The second-order valence-electron chi connectivity index (χ2n) is 3.65. The molecule has 1 aromatic carbocycles. The van der Waals surface area contributed by atoms with Crippen molar-refractivity contribution in [2.45, 2.75) is 13.3 Å². The van der Waals surface area contributed by atoms with E-state index >= 15 is 0 Å². The summed E-state index contributed by atoms with van der Waals surface area (Å²) >= 11 is 16.4. The number of rotatable bonds is 4. The fourth-order valence-corrected chi connectivity index (χ4v) is 1.61. The van der Waals surface area contributed by atoms with Crippen LogP contribution in [0, 0.1) is 0 Å². The zero-order chi connectivity index (χ0) is 14.4. The average molecular weight is 319 g/mol. The number of nitrogens with zero attached hydrogens (tertiary/aromatic N) is 1. The van der Waals surface area contributed by atoms with Gasteiger partial charge in [-0.25, -0.2) is 0 Å². The maximum Gasteiger partial charge on any atom is 0.230 e. The van der Waals surface area contributed by atoms with Gasteiger partial charge in [0.05, 0.1) is 22.2 Å². The lowest BCUT2D eigenvalue weighted by molar-refractivity contribution is -0.115. The minimum Gasteiger partial charge on any atom is -0.375 e. The maximum absolute atomic E-state index is 11.7. The SMILES string of the molecule is C/C(CC(=O)Nc1cccc(Cl)c1Cl)=N\NC(N)=S. The standard InChI is InChI=1S/C11H12Cl2N4OS/c1-6(16-17-11(14)19)5-9(18)15-8-4-2-3-7(12)10(8)13/h2-4H,5H2,1H3,(H,15,18)(H3,14,17,19)/b16-6+. The fraction of sp³-hybridized carbons (Fsp3) is 0.182. The lowest BCUT2D eigenvalue weighted by Gasteiger charge is -2.08. The summed E-state index contributed by atoms with van der Waals surface area (Å²) in [7, 11) is 0. The number of hydrogen-bond donors (Lipinski definition) is 3. The summed E-state index contributed by atoms with van der Waals surface area (Å²) in [6.07, 6.45) is 0.0818. The Morgan fingerprint density at radius 3 is 2.79 bits per heavy atom. The summed E-state index contributed by atoms with van der Waals surface area (Å²) < 4.78 is 0. The highest BCUT2D eigenvalue weighted by molar-refractivity contribution is 7.80. The molecule has 0 fully saturated rings. The smallest absolute Gasteiger partial charge is 0.230 e. The molecule has 0 radical (unpaired) electrons. The number of amides is 1. The van der Waals surface area contributed by atoms with Crippen molar-refractivity contribution >= 4 is 57.8 Å². The summed E-state index contributed by atoms with van der Waals surface area (Å²) in [6.45, 7) is 1.67. The molecule has 1 rings (SSSR count). The van der Waals surface area contributed by atoms with E-state index in [1.54, 1.807) is 25.1 Å². The van der Waals surface area contributed by atoms with Crippen LogP contribution in [-0.2, 0) is 4.79 Å². The molecule has 19 heavy (non-hydrogen) atoms. The molecule has 0 heterocycles. The van der Waals surface area contributed by atoms with E-state index in [4.69, 9.17) is 28.9 Å². The number of thiocarbonyl (C=S) groups is 1. The largest absolute Gasteiger partial charge is 0.375 e. The third-order valence-electron chi connectivity index (χ3n) is 2.00. The third-order valence-corrected chi connectivity index (χ3v) is 2.91. The summed E-state index contributed by atoms with van der Waals surface area (Å²) in [5.74, 6) is -0.268. The van der Waals surface area contributed by atoms with Crippen LogP contribution in [0.2, 0.25) is 10.0 Å². The van der Waals surface area contributed by atoms with Gasteiger partial charge in [0.25, 0.3) is 0 Å². The van der Waals surface area contributed by atoms with E-state index in [1.165, 1.54) is 0 Å². The van der Waals surface area contributed by atoms with E-state index in [9.17, 15) is 4.79 Å². The zero-order valence-corrected chi connectivity index (χ0v) is 12.4. The van der Waals surface area contributed by atoms with Gasteiger partial charge in [0.15, 0.2) is 5.11 Å². The summed E-state index contributed by atoms with van der Waals surface area (Å²) in [5, 5.41) is 7.18. The first-order chi connectivity index (χ1) is 8.90. The number of anilines is 1. The van der Waals surface area contributed by atoms with Crippen LogP contribution < -0.4 is 16.5 Å². The number of carbonyl (C=O) groups is 1. The molecule has 0 aromatic heterocycles. The van der Waals surface area contributed by atoms with E-state index in [2.05, 4.69) is 28.1 Å². The normalized spacial score (nSPS) is 11.0. The lowest BCUT2D eigenvalue weighted by Crippen LogP contribution is -2.26. The van der Waals surface area contributed by atoms with Crippen LogP contribution in [0.25, 0.3) is 0 Å². The van der Waals surface area contributed by atoms with Crippen molar-refractivity contribution in [2.24, 2.45) is 10.8 Å². The van der Waals surface area contributed by atoms with Gasteiger partial charge in [-0.05, 0) is 31.3 Å². The predicted molar refractivity (Wildman–Crippen MR) is 82.7 cm³/mol. The van der Waals surface area contributed by atoms with E-state index in [1.807, 2.05) is 0 Å². The quantitative estimate of drug-likeness (QED) is 0.453. The number of halogens is 2. The first-order valence-electron chi connectivity index (χ1n) is 5.22. The summed E-state index contributed by atoms with van der Waals surface area (Å²) in [6, 6.07) is 4.99. The Morgan fingerprint density at radius 2 is 2.16 bits per heavy atom. The number of nitrogens with two attached hydrogens (primary N) is 1. The van der Waals surface area contributed by atoms with Gasteiger partial charge in [-0.15, -0.1) is 0 Å². The molecule has 1 amide bonds. The van der Waals surface area contributed by atoms with Gasteiger partial charge in [-0.1, -0.05) is 29.3 Å². The average Bonchev–Trinajstić information content (AvgIpc) is 2.32. The first-order valence-corrected chi connectivity index (χ1v) is 6.39. The van der Waals surface area contributed by atoms with Crippen LogP contribution in [0.5, 0.6) is 0 Å². The maximum atomic E-state index is 11.7. The molecule has 0 aliphatic heterocycles. The van der Waals surface area contributed by atoms with Crippen LogP contribution in [0.1, 0.15) is 13.3 Å². The first kappa shape index (κ1) is 15.7. The molecule has 0 aliphatic rings. The molecule has 4 N–H and O–H groups in total. The Labute approximate surface area is 126 Å². The molecule has 0 spiro atoms. The van der Waals surface area contributed by atoms with Crippen LogP contribution in [0.3, 0.4) is 0 Å². The molecule has 1 aromatic rings. The number of carbonyl (C=O) groups excluding carboxylic acids is 1. The molecule has 8 heteroatoms. The monoisotopic (exact) mass is 318 g/mol. The fourth-order valence-electron chi connectivity index (χ4n) is 1.22. The van der Waals surface area contributed by atoms with E-state index in [-0.39, 0.29) is 17.4 Å². The Balaban J connectivity index is 2.63. The van der Waals surface area contributed by atoms with Gasteiger partial charge in [0, 0.05) is 5.71 Å². The second kappa shape index (κ2) is 7.28. The molecule has 0 atom stereocenters. The highest BCUT2D eigenvalue weighted by Crippen LogP contribution is 2.29. The Bertz CT molecular complexity index is 533. The third kappa shape index (κ3) is 5.42. The van der Waals surface area contributed by atoms with Crippen molar-refractivity contribution in [1.29, 1.82) is 0 Å². The topological polar surface area (TPSA) is 79.5 Å². The van der Waals surface area contributed by atoms with Crippen LogP contribution >= 0.6 is 35.4 Å². The highest BCUT2D eigenvalue weighted by Gasteiger charge is 2.09. The van der Waals surface area contributed by atoms with Crippen molar-refractivity contribution in [3.8, 4) is 0 Å². The van der Waals surface area contributed by atoms with Gasteiger partial charge in [0.1, 0.15) is 0 Å². The molecular weight excluding hydrogens is 307 g/mol. The molecule has 102 valence electrons. The number of nitrogens with one attached hydrogen (secondary N) is 2. The molecule has 5 nitrogen and oxygen atoms in total. The number of hydrazone groups is 1. The van der Waals surface area contributed by atoms with E-state index < -0.39 is 0 Å². The molecular formula is C11H12Cl2N4OS. The Hall–Kier alpha value is -1.37. The van der Waals surface area contributed by atoms with Gasteiger partial charge >= 0.3 is 0 Å². The minimum absolute atomic E-state index is 0.0395. The van der Waals surface area contributed by atoms with Gasteiger partial charge in [-0.2, -0.15) is 5.10 Å². The highest BCUT2D eigenvalue weighted by atomic mass is 35.5. The molecule has 0 saturated heterocycles. The van der Waals surface area contributed by atoms with Gasteiger partial charge < -0.3 is 11.1 Å². The predicted octanol–water partition coefficient (Wildman–Crippen LogP) is 2.53. The van der Waals surface area contributed by atoms with Crippen LogP contribution in [0.15, 0.2) is 23.3 Å². The molecule has 0 saturated carbocycles. The van der Waals surface area contributed by atoms with E-state index in [0.29, 0.717) is 21.4 Å². The van der Waals surface area contributed by atoms with Crippen LogP contribution in [0.4, 0.5) is 5.69 Å². The number of hydrogen-bond acceptors (Lipinski definition) is 3. The van der Waals surface area contributed by atoms with Gasteiger partial charge in [-0.3, -0.25) is 10.2 Å². The number of benzene rings is 1. The molecule has 0 unspecified atom stereocenters. The zero-order valence-electron chi connectivity index (χ0n) is 10.0. The molecule has 0 bridgehead atoms. The van der Waals surface area contributed by atoms with Crippen molar-refractivity contribution in [3.05, 3.63) is 28.2 Å². The van der Waals surface area contributed by atoms with Crippen molar-refractivity contribution in [2.75, 3.05) is 5.32 Å². The lowest BCUT2D eigenvalue weighted by atomic mass is 10.2. The summed E-state index contributed by atoms with van der Waals surface area (Å²) in [4.78, 5) is 11.7. The summed E-state index contributed by atoms with van der Waals surface area (Å²) in [5.41, 5.74) is 8.60. The van der Waals surface area contributed by atoms with Crippen LogP contribution in [-0.4, -0.2) is 16.7 Å². The van der Waals surface area contributed by atoms with Gasteiger partial charge in [0.2, 0.25) is 5.91 Å². The van der Waals surface area contributed by atoms with E-state index in [0.717, 1.165) is 0 Å². The van der Waals surface area contributed by atoms with Crippen molar-refractivity contribution in [1.82, 2.24) is 5.43 Å². The second-order valence-corrected chi connectivity index (χ2v) is 4.87. The molecule has 0 aliphatic carbocycles. The van der Waals surface area contributed by atoms with Crippen molar-refractivity contribution < 1.29 is 4.79 Å². The Kier molecular flexibility index (Phi) is 6.01. The van der Waals surface area contributed by atoms with Crippen molar-refractivity contribution in [3.63, 3.8) is 0 Å². The Morgan fingerprint density at radius 1 is 1.47 bits per heavy atom. The minimum atomic E-state index is -0.268.